The third-order valence-electron chi connectivity index (χ3n) is 3.84. The van der Waals surface area contributed by atoms with Crippen LogP contribution in [0.15, 0.2) is 41.3 Å². The summed E-state index contributed by atoms with van der Waals surface area (Å²) < 4.78 is 1.87. The smallest absolute Gasteiger partial charge is 0.432 e. The van der Waals surface area contributed by atoms with Crippen molar-refractivity contribution in [2.24, 2.45) is 0 Å². The predicted octanol–water partition coefficient (Wildman–Crippen LogP) is 2.51. The fourth-order valence-corrected chi connectivity index (χ4v) is 2.47. The van der Waals surface area contributed by atoms with Gasteiger partial charge >= 0.3 is 11.8 Å². The van der Waals surface area contributed by atoms with Gasteiger partial charge < -0.3 is 15.3 Å². The molecule has 0 atom stereocenters. The van der Waals surface area contributed by atoms with Crippen LogP contribution < -0.4 is 15.8 Å². The molecular formula is C18H25N3O4. The standard InChI is InChI=1S/C18H25N3O4/c1-2-3-4-5-9-12-19-17(23)25-21-14-16(22)20(18(21)24)13-15-10-7-6-8-11-15/h6-8,10-11,14,22H,2-5,9,12-13H2,1H3,(H,19,23). The van der Waals surface area contributed by atoms with Crippen LogP contribution in [0.25, 0.3) is 0 Å². The number of aromatic hydroxyl groups is 1. The molecule has 0 spiro atoms. The predicted molar refractivity (Wildman–Crippen MR) is 94.6 cm³/mol. The van der Waals surface area contributed by atoms with Crippen molar-refractivity contribution in [2.75, 3.05) is 6.54 Å². The topological polar surface area (TPSA) is 85.5 Å². The molecule has 1 heterocycles. The highest BCUT2D eigenvalue weighted by Crippen LogP contribution is 2.09. The van der Waals surface area contributed by atoms with Gasteiger partial charge in [0.15, 0.2) is 0 Å². The number of carbonyl (C=O) groups excluding carboxylic acids is 1. The van der Waals surface area contributed by atoms with Crippen molar-refractivity contribution in [2.45, 2.75) is 45.6 Å². The monoisotopic (exact) mass is 347 g/mol. The summed E-state index contributed by atoms with van der Waals surface area (Å²) in [6.07, 6.45) is 5.78. The summed E-state index contributed by atoms with van der Waals surface area (Å²) in [7, 11) is 0. The lowest BCUT2D eigenvalue weighted by atomic mass is 10.1. The lowest BCUT2D eigenvalue weighted by Gasteiger charge is -2.05. The molecule has 0 unspecified atom stereocenters. The molecule has 2 aromatic rings. The minimum atomic E-state index is -0.713. The largest absolute Gasteiger partial charge is 0.493 e. The molecule has 0 saturated heterocycles. The quantitative estimate of drug-likeness (QED) is 0.683. The van der Waals surface area contributed by atoms with Crippen LogP contribution in [0, 0.1) is 0 Å². The highest BCUT2D eigenvalue weighted by Gasteiger charge is 2.14. The molecule has 0 saturated carbocycles. The highest BCUT2D eigenvalue weighted by atomic mass is 16.7. The average Bonchev–Trinajstić information content (AvgIpc) is 2.86. The van der Waals surface area contributed by atoms with E-state index in [1.54, 1.807) is 0 Å². The number of benzene rings is 1. The fraction of sp³-hybridized carbons (Fsp3) is 0.444. The van der Waals surface area contributed by atoms with Gasteiger partial charge in [0, 0.05) is 6.54 Å². The van der Waals surface area contributed by atoms with Crippen molar-refractivity contribution < 1.29 is 14.7 Å². The zero-order valence-corrected chi connectivity index (χ0v) is 14.5. The van der Waals surface area contributed by atoms with E-state index in [1.165, 1.54) is 12.8 Å². The summed E-state index contributed by atoms with van der Waals surface area (Å²) in [6, 6.07) is 9.25. The molecule has 1 amide bonds. The summed E-state index contributed by atoms with van der Waals surface area (Å²) in [5, 5.41) is 12.5. The van der Waals surface area contributed by atoms with Gasteiger partial charge in [-0.1, -0.05) is 62.9 Å². The number of nitrogens with zero attached hydrogens (tertiary/aromatic N) is 2. The molecule has 0 fully saturated rings. The first-order chi connectivity index (χ1) is 12.1. The van der Waals surface area contributed by atoms with E-state index in [-0.39, 0.29) is 12.4 Å². The second kappa shape index (κ2) is 9.56. The minimum absolute atomic E-state index is 0.195. The summed E-state index contributed by atoms with van der Waals surface area (Å²) in [5.74, 6) is -0.263. The van der Waals surface area contributed by atoms with E-state index >= 15 is 0 Å². The Morgan fingerprint density at radius 1 is 1.16 bits per heavy atom. The van der Waals surface area contributed by atoms with Crippen LogP contribution in [0.2, 0.25) is 0 Å². The summed E-state index contributed by atoms with van der Waals surface area (Å²) >= 11 is 0. The number of hydrogen-bond acceptors (Lipinski definition) is 4. The molecule has 1 aromatic carbocycles. The van der Waals surface area contributed by atoms with Gasteiger partial charge in [0.25, 0.3) is 0 Å². The van der Waals surface area contributed by atoms with Crippen molar-refractivity contribution in [1.29, 1.82) is 0 Å². The van der Waals surface area contributed by atoms with Crippen LogP contribution in [0.4, 0.5) is 4.79 Å². The minimum Gasteiger partial charge on any atom is -0.493 e. The van der Waals surface area contributed by atoms with Crippen LogP contribution in [0.3, 0.4) is 0 Å². The molecule has 0 aliphatic rings. The van der Waals surface area contributed by atoms with E-state index in [1.807, 2.05) is 30.3 Å². The van der Waals surface area contributed by atoms with E-state index in [4.69, 9.17) is 4.84 Å². The molecule has 1 aromatic heterocycles. The first kappa shape index (κ1) is 18.6. The second-order valence-corrected chi connectivity index (χ2v) is 5.89. The molecule has 2 rings (SSSR count). The Labute approximate surface area is 146 Å². The van der Waals surface area contributed by atoms with Crippen molar-refractivity contribution >= 4 is 6.09 Å². The second-order valence-electron chi connectivity index (χ2n) is 5.89. The lowest BCUT2D eigenvalue weighted by molar-refractivity contribution is 0.127. The Morgan fingerprint density at radius 2 is 1.88 bits per heavy atom. The molecule has 7 heteroatoms. The van der Waals surface area contributed by atoms with Gasteiger partial charge in [-0.25, -0.2) is 9.59 Å². The van der Waals surface area contributed by atoms with Gasteiger partial charge in [0.1, 0.15) is 6.20 Å². The number of nitrogens with one attached hydrogen (secondary N) is 1. The number of hydrogen-bond donors (Lipinski definition) is 2. The molecule has 0 aliphatic heterocycles. The van der Waals surface area contributed by atoms with Crippen molar-refractivity contribution in [3.63, 3.8) is 0 Å². The van der Waals surface area contributed by atoms with Crippen molar-refractivity contribution in [3.8, 4) is 5.88 Å². The van der Waals surface area contributed by atoms with E-state index in [0.29, 0.717) is 6.54 Å². The first-order valence-corrected chi connectivity index (χ1v) is 8.63. The van der Waals surface area contributed by atoms with Crippen molar-refractivity contribution in [3.05, 3.63) is 52.6 Å². The van der Waals surface area contributed by atoms with Gasteiger partial charge in [-0.2, -0.15) is 0 Å². The Bertz CT molecular complexity index is 722. The number of aromatic nitrogens is 2. The van der Waals surface area contributed by atoms with E-state index in [9.17, 15) is 14.7 Å². The van der Waals surface area contributed by atoms with Crippen LogP contribution >= 0.6 is 0 Å². The molecule has 7 nitrogen and oxygen atoms in total. The number of imidazole rings is 1. The van der Waals surface area contributed by atoms with Crippen LogP contribution in [-0.2, 0) is 6.54 Å². The number of amides is 1. The normalized spacial score (nSPS) is 10.6. The average molecular weight is 347 g/mol. The zero-order valence-electron chi connectivity index (χ0n) is 14.5. The number of carbonyl (C=O) groups is 1. The van der Waals surface area contributed by atoms with E-state index in [2.05, 4.69) is 12.2 Å². The van der Waals surface area contributed by atoms with Gasteiger partial charge in [-0.05, 0) is 12.0 Å². The van der Waals surface area contributed by atoms with Gasteiger partial charge in [0.2, 0.25) is 5.88 Å². The molecule has 0 bridgehead atoms. The maximum absolute atomic E-state index is 12.2. The molecule has 136 valence electrons. The summed E-state index contributed by atoms with van der Waals surface area (Å²) in [4.78, 5) is 28.9. The maximum atomic E-state index is 12.2. The summed E-state index contributed by atoms with van der Waals surface area (Å²) in [6.45, 7) is 2.83. The van der Waals surface area contributed by atoms with Crippen LogP contribution in [0.1, 0.15) is 44.6 Å². The van der Waals surface area contributed by atoms with E-state index < -0.39 is 11.8 Å². The fourth-order valence-electron chi connectivity index (χ4n) is 2.47. The SMILES string of the molecule is CCCCCCCNC(=O)On1cc(O)n(Cc2ccccc2)c1=O. The lowest BCUT2D eigenvalue weighted by Crippen LogP contribution is -2.38. The third kappa shape index (κ3) is 5.70. The highest BCUT2D eigenvalue weighted by molar-refractivity contribution is 5.67. The van der Waals surface area contributed by atoms with Crippen LogP contribution in [-0.4, -0.2) is 27.0 Å². The van der Waals surface area contributed by atoms with Crippen LogP contribution in [0.5, 0.6) is 5.88 Å². The molecule has 25 heavy (non-hydrogen) atoms. The summed E-state index contributed by atoms with van der Waals surface area (Å²) in [5.41, 5.74) is 0.244. The maximum Gasteiger partial charge on any atom is 0.432 e. The first-order valence-electron chi connectivity index (χ1n) is 8.63. The number of rotatable bonds is 9. The Morgan fingerprint density at radius 3 is 2.60 bits per heavy atom. The van der Waals surface area contributed by atoms with Gasteiger partial charge in [-0.3, -0.25) is 4.57 Å². The van der Waals surface area contributed by atoms with E-state index in [0.717, 1.165) is 40.3 Å². The van der Waals surface area contributed by atoms with Gasteiger partial charge in [0.05, 0.1) is 6.54 Å². The third-order valence-corrected chi connectivity index (χ3v) is 3.84. The molecule has 0 radical (unpaired) electrons. The molecule has 2 N–H and O–H groups in total. The Kier molecular flexibility index (Phi) is 7.13. The number of unbranched alkanes of at least 4 members (excludes halogenated alkanes) is 4. The zero-order chi connectivity index (χ0) is 18.1. The molecular weight excluding hydrogens is 322 g/mol. The van der Waals surface area contributed by atoms with Gasteiger partial charge in [-0.15, -0.1) is 4.73 Å². The molecule has 0 aliphatic carbocycles. The van der Waals surface area contributed by atoms with Crippen molar-refractivity contribution in [1.82, 2.24) is 14.6 Å². The Balaban J connectivity index is 1.87. The Hall–Kier alpha value is -2.70.